The van der Waals surface area contributed by atoms with Crippen molar-refractivity contribution in [1.82, 2.24) is 0 Å². The zero-order valence-electron chi connectivity index (χ0n) is 16.9. The molecule has 6 nitrogen and oxygen atoms in total. The van der Waals surface area contributed by atoms with Crippen LogP contribution in [0.4, 0.5) is 0 Å². The molecular weight excluding hydrogens is 432 g/mol. The Hall–Kier alpha value is -3.28. The maximum Gasteiger partial charge on any atom is 0.339 e. The summed E-state index contributed by atoms with van der Waals surface area (Å²) in [6.45, 7) is 4.07. The van der Waals surface area contributed by atoms with Crippen LogP contribution in [0.5, 0.6) is 11.5 Å². The van der Waals surface area contributed by atoms with E-state index in [0.717, 1.165) is 16.0 Å². The molecule has 2 heterocycles. The van der Waals surface area contributed by atoms with Gasteiger partial charge >= 0.3 is 10.1 Å². The van der Waals surface area contributed by atoms with Crippen molar-refractivity contribution in [2.24, 2.45) is 5.73 Å². The zero-order valence-corrected chi connectivity index (χ0v) is 18.5. The van der Waals surface area contributed by atoms with Crippen molar-refractivity contribution in [2.45, 2.75) is 30.6 Å². The highest BCUT2D eigenvalue weighted by Crippen LogP contribution is 2.44. The van der Waals surface area contributed by atoms with Gasteiger partial charge in [0.1, 0.15) is 28.0 Å². The van der Waals surface area contributed by atoms with E-state index in [2.05, 4.69) is 6.07 Å². The Kier molecular flexibility index (Phi) is 5.48. The number of fused-ring (bicyclic) bond motifs is 1. The van der Waals surface area contributed by atoms with E-state index in [1.807, 2.05) is 31.4 Å². The molecule has 1 aliphatic heterocycles. The van der Waals surface area contributed by atoms with Crippen LogP contribution in [0.2, 0.25) is 0 Å². The van der Waals surface area contributed by atoms with Crippen molar-refractivity contribution < 1.29 is 17.3 Å². The number of nitrogens with zero attached hydrogens (tertiary/aromatic N) is 1. The van der Waals surface area contributed by atoms with E-state index in [1.165, 1.54) is 29.5 Å². The van der Waals surface area contributed by atoms with Gasteiger partial charge in [0.2, 0.25) is 5.88 Å². The molecule has 31 heavy (non-hydrogen) atoms. The third-order valence-electron chi connectivity index (χ3n) is 5.06. The van der Waals surface area contributed by atoms with Gasteiger partial charge in [-0.1, -0.05) is 38.1 Å². The molecule has 2 aromatic carbocycles. The SMILES string of the molecule is CC(C)c1ccc(S(=O)(=O)Oc2ccc3c(c2)OC(N)=C(C#N)C3c2cccs2)cc1. The van der Waals surface area contributed by atoms with Crippen LogP contribution in [0.25, 0.3) is 0 Å². The lowest BCUT2D eigenvalue weighted by molar-refractivity contribution is 0.391. The van der Waals surface area contributed by atoms with Gasteiger partial charge in [-0.25, -0.2) is 0 Å². The number of hydrogen-bond acceptors (Lipinski definition) is 7. The third-order valence-corrected chi connectivity index (χ3v) is 7.26. The number of benzene rings is 2. The Morgan fingerprint density at radius 1 is 1.16 bits per heavy atom. The first-order valence-electron chi connectivity index (χ1n) is 9.59. The summed E-state index contributed by atoms with van der Waals surface area (Å²) in [5, 5.41) is 11.5. The van der Waals surface area contributed by atoms with Crippen molar-refractivity contribution in [3.63, 3.8) is 0 Å². The smallest absolute Gasteiger partial charge is 0.339 e. The normalized spacial score (nSPS) is 15.9. The molecule has 0 bridgehead atoms. The van der Waals surface area contributed by atoms with Gasteiger partial charge in [-0.15, -0.1) is 11.3 Å². The van der Waals surface area contributed by atoms with Crippen molar-refractivity contribution in [3.05, 3.63) is 87.4 Å². The van der Waals surface area contributed by atoms with Crippen LogP contribution in [0.15, 0.2) is 76.3 Å². The number of rotatable bonds is 5. The van der Waals surface area contributed by atoms with Crippen molar-refractivity contribution in [2.75, 3.05) is 0 Å². The molecule has 1 aromatic heterocycles. The second-order valence-electron chi connectivity index (χ2n) is 7.40. The van der Waals surface area contributed by atoms with Crippen LogP contribution in [0.1, 0.15) is 41.7 Å². The van der Waals surface area contributed by atoms with Crippen LogP contribution in [-0.2, 0) is 10.1 Å². The van der Waals surface area contributed by atoms with E-state index in [-0.39, 0.29) is 22.4 Å². The third kappa shape index (κ3) is 4.02. The van der Waals surface area contributed by atoms with Gasteiger partial charge in [-0.3, -0.25) is 0 Å². The zero-order chi connectivity index (χ0) is 22.2. The molecule has 3 aromatic rings. The van der Waals surface area contributed by atoms with E-state index in [4.69, 9.17) is 14.7 Å². The number of allylic oxidation sites excluding steroid dienone is 1. The van der Waals surface area contributed by atoms with Gasteiger partial charge in [0.05, 0.1) is 5.92 Å². The summed E-state index contributed by atoms with van der Waals surface area (Å²) in [4.78, 5) is 1.01. The lowest BCUT2D eigenvalue weighted by atomic mass is 9.88. The molecule has 1 aliphatic rings. The second-order valence-corrected chi connectivity index (χ2v) is 9.93. The second kappa shape index (κ2) is 8.10. The van der Waals surface area contributed by atoms with Crippen LogP contribution in [-0.4, -0.2) is 8.42 Å². The Morgan fingerprint density at radius 2 is 1.90 bits per heavy atom. The molecule has 0 saturated heterocycles. The summed E-state index contributed by atoms with van der Waals surface area (Å²) in [7, 11) is -4.02. The molecule has 1 atom stereocenters. The monoisotopic (exact) mass is 452 g/mol. The molecule has 0 radical (unpaired) electrons. The summed E-state index contributed by atoms with van der Waals surface area (Å²) in [5.74, 6) is 0.381. The first-order chi connectivity index (χ1) is 14.8. The fourth-order valence-electron chi connectivity index (χ4n) is 3.43. The van der Waals surface area contributed by atoms with Crippen LogP contribution >= 0.6 is 11.3 Å². The standard InChI is InChI=1S/C23H20N2O4S2/c1-14(2)15-5-8-17(9-6-15)31(26,27)29-16-7-10-18-20(12-16)28-23(25)19(13-24)22(18)21-4-3-11-30-21/h3-12,14,22H,25H2,1-2H3. The molecule has 0 spiro atoms. The van der Waals surface area contributed by atoms with Crippen molar-refractivity contribution >= 4 is 21.5 Å². The van der Waals surface area contributed by atoms with E-state index < -0.39 is 10.1 Å². The maximum absolute atomic E-state index is 12.7. The Morgan fingerprint density at radius 3 is 2.52 bits per heavy atom. The van der Waals surface area contributed by atoms with Crippen molar-refractivity contribution in [3.8, 4) is 17.6 Å². The Balaban J connectivity index is 1.67. The average molecular weight is 453 g/mol. The summed E-state index contributed by atoms with van der Waals surface area (Å²) in [6, 6.07) is 17.3. The van der Waals surface area contributed by atoms with E-state index in [0.29, 0.717) is 17.2 Å². The van der Waals surface area contributed by atoms with Crippen molar-refractivity contribution in [1.29, 1.82) is 5.26 Å². The molecule has 0 amide bonds. The number of nitrogens with two attached hydrogens (primary N) is 1. The maximum atomic E-state index is 12.7. The number of nitriles is 1. The summed E-state index contributed by atoms with van der Waals surface area (Å²) in [5.41, 5.74) is 8.07. The van der Waals surface area contributed by atoms with E-state index >= 15 is 0 Å². The van der Waals surface area contributed by atoms with Gasteiger partial charge in [0.25, 0.3) is 0 Å². The van der Waals surface area contributed by atoms with Crippen LogP contribution in [0, 0.1) is 11.3 Å². The highest BCUT2D eigenvalue weighted by Gasteiger charge is 2.32. The molecule has 8 heteroatoms. The largest absolute Gasteiger partial charge is 0.440 e. The predicted molar refractivity (Wildman–Crippen MR) is 118 cm³/mol. The molecule has 0 saturated carbocycles. The van der Waals surface area contributed by atoms with Gasteiger partial charge in [0, 0.05) is 16.5 Å². The van der Waals surface area contributed by atoms with E-state index in [1.54, 1.807) is 24.3 Å². The molecule has 0 fully saturated rings. The summed E-state index contributed by atoms with van der Waals surface area (Å²) in [6.07, 6.45) is 0. The Labute approximate surface area is 185 Å². The van der Waals surface area contributed by atoms with Crippen LogP contribution < -0.4 is 14.7 Å². The van der Waals surface area contributed by atoms with Crippen LogP contribution in [0.3, 0.4) is 0 Å². The highest BCUT2D eigenvalue weighted by atomic mass is 32.2. The Bertz CT molecular complexity index is 1290. The predicted octanol–water partition coefficient (Wildman–Crippen LogP) is 4.86. The number of thiophene rings is 1. The van der Waals surface area contributed by atoms with E-state index in [9.17, 15) is 13.7 Å². The van der Waals surface area contributed by atoms with Gasteiger partial charge in [-0.05, 0) is 41.1 Å². The lowest BCUT2D eigenvalue weighted by Gasteiger charge is -2.25. The minimum atomic E-state index is -4.02. The minimum Gasteiger partial charge on any atom is -0.440 e. The minimum absolute atomic E-state index is 0.00215. The fourth-order valence-corrected chi connectivity index (χ4v) is 5.20. The molecule has 2 N–H and O–H groups in total. The average Bonchev–Trinajstić information content (AvgIpc) is 3.27. The van der Waals surface area contributed by atoms with Gasteiger partial charge in [0.15, 0.2) is 0 Å². The summed E-state index contributed by atoms with van der Waals surface area (Å²) < 4.78 is 36.4. The molecule has 4 rings (SSSR count). The first kappa shape index (κ1) is 21.0. The highest BCUT2D eigenvalue weighted by molar-refractivity contribution is 7.87. The lowest BCUT2D eigenvalue weighted by Crippen LogP contribution is -2.20. The number of ether oxygens (including phenoxy) is 1. The fraction of sp³-hybridized carbons (Fsp3) is 0.174. The molecule has 158 valence electrons. The topological polar surface area (TPSA) is 102 Å². The summed E-state index contributed by atoms with van der Waals surface area (Å²) >= 11 is 1.51. The molecule has 1 unspecified atom stereocenters. The molecule has 0 aliphatic carbocycles. The number of hydrogen-bond donors (Lipinski definition) is 1. The molecular formula is C23H20N2O4S2. The quantitative estimate of drug-likeness (QED) is 0.555. The first-order valence-corrected chi connectivity index (χ1v) is 11.9. The van der Waals surface area contributed by atoms with Gasteiger partial charge < -0.3 is 14.7 Å². The van der Waals surface area contributed by atoms with Gasteiger partial charge in [-0.2, -0.15) is 13.7 Å².